The molecule has 5 nitrogen and oxygen atoms in total. The van der Waals surface area contributed by atoms with Crippen molar-refractivity contribution in [1.82, 2.24) is 0 Å². The van der Waals surface area contributed by atoms with E-state index in [1.165, 1.54) is 22.1 Å². The van der Waals surface area contributed by atoms with Gasteiger partial charge in [-0.15, -0.1) is 0 Å². The van der Waals surface area contributed by atoms with Gasteiger partial charge in [0.05, 0.1) is 12.2 Å². The molecule has 0 spiro atoms. The average Bonchev–Trinajstić information content (AvgIpc) is 3.27. The van der Waals surface area contributed by atoms with E-state index >= 15 is 0 Å². The Bertz CT molecular complexity index is 678. The maximum atomic E-state index is 5.66. The molecule has 4 N–H and O–H groups in total. The molecule has 164 valence electrons. The summed E-state index contributed by atoms with van der Waals surface area (Å²) in [6.45, 7) is 5.68. The third-order valence-corrected chi connectivity index (χ3v) is 4.73. The van der Waals surface area contributed by atoms with Crippen molar-refractivity contribution in [3.8, 4) is 0 Å². The van der Waals surface area contributed by atoms with E-state index in [0.717, 1.165) is 0 Å². The fourth-order valence-electron chi connectivity index (χ4n) is 3.50. The van der Waals surface area contributed by atoms with Crippen molar-refractivity contribution >= 4 is 36.5 Å². The first kappa shape index (κ1) is 26.8. The maximum Gasteiger partial charge on any atom is 0.324 e. The van der Waals surface area contributed by atoms with E-state index < -0.39 is 0 Å². The topological polar surface area (TPSA) is 79.7 Å². The molecule has 0 aromatic heterocycles. The second-order valence-electron chi connectivity index (χ2n) is 7.08. The van der Waals surface area contributed by atoms with Gasteiger partial charge in [0.2, 0.25) is 0 Å². The van der Waals surface area contributed by atoms with Crippen LogP contribution in [0.15, 0.2) is 48.5 Å². The molecular weight excluding hydrogens is 394 g/mol. The summed E-state index contributed by atoms with van der Waals surface area (Å²) in [7, 11) is 3.25. The fourth-order valence-corrected chi connectivity index (χ4v) is 3.50. The lowest BCUT2D eigenvalue weighted by Gasteiger charge is -2.08. The quantitative estimate of drug-likeness (QED) is 0.713. The first-order valence-electron chi connectivity index (χ1n) is 10.2. The number of methoxy groups -OCH3 is 1. The summed E-state index contributed by atoms with van der Waals surface area (Å²) >= 11 is 1.75. The number of thioether (sulfide) groups is 1. The summed E-state index contributed by atoms with van der Waals surface area (Å²) in [6.07, 6.45) is 4.30. The van der Waals surface area contributed by atoms with Crippen LogP contribution < -0.4 is 22.4 Å². The first-order valence-corrected chi connectivity index (χ1v) is 11.8. The monoisotopic (exact) mass is 430 g/mol. The van der Waals surface area contributed by atoms with Gasteiger partial charge in [-0.2, -0.15) is 11.8 Å². The molecule has 2 aromatic carbocycles. The van der Waals surface area contributed by atoms with Crippen molar-refractivity contribution in [2.75, 3.05) is 39.8 Å². The summed E-state index contributed by atoms with van der Waals surface area (Å²) in [5, 5.41) is 0. The highest BCUT2D eigenvalue weighted by Gasteiger charge is 2.30. The third-order valence-electron chi connectivity index (χ3n) is 4.73. The van der Waals surface area contributed by atoms with Crippen LogP contribution in [0.2, 0.25) is 13.6 Å². The molecule has 2 unspecified atom stereocenters. The molecule has 2 aliphatic heterocycles. The highest BCUT2D eigenvalue weighted by molar-refractivity contribution is 7.97. The van der Waals surface area contributed by atoms with Gasteiger partial charge in [0, 0.05) is 27.3 Å². The Morgan fingerprint density at radius 3 is 1.40 bits per heavy atom. The van der Waals surface area contributed by atoms with Crippen LogP contribution in [0, 0.1) is 0 Å². The average molecular weight is 430 g/mol. The van der Waals surface area contributed by atoms with E-state index in [1.807, 2.05) is 36.8 Å². The molecule has 0 fully saturated rings. The summed E-state index contributed by atoms with van der Waals surface area (Å²) < 4.78 is 15.6. The molecule has 2 aromatic rings. The van der Waals surface area contributed by atoms with Crippen molar-refractivity contribution in [2.24, 2.45) is 11.5 Å². The zero-order valence-electron chi connectivity index (χ0n) is 19.1. The number of hydrogen-bond acceptors (Lipinski definition) is 6. The Hall–Kier alpha value is -1.28. The van der Waals surface area contributed by atoms with Gasteiger partial charge in [-0.25, -0.2) is 0 Å². The Labute approximate surface area is 187 Å². The Kier molecular flexibility index (Phi) is 13.1. The molecule has 0 saturated heterocycles. The van der Waals surface area contributed by atoms with Crippen LogP contribution in [0.4, 0.5) is 0 Å². The first-order chi connectivity index (χ1) is 14.5. The van der Waals surface area contributed by atoms with Gasteiger partial charge in [-0.1, -0.05) is 62.2 Å². The minimum Gasteiger partial charge on any atom is -0.423 e. The minimum atomic E-state index is 0.108. The van der Waals surface area contributed by atoms with Crippen LogP contribution in [-0.2, 0) is 14.0 Å². The van der Waals surface area contributed by atoms with Crippen LogP contribution in [0.1, 0.15) is 23.3 Å². The van der Waals surface area contributed by atoms with Crippen molar-refractivity contribution in [3.63, 3.8) is 0 Å². The van der Waals surface area contributed by atoms with Gasteiger partial charge in [0.15, 0.2) is 0 Å². The second kappa shape index (κ2) is 14.7. The molecule has 30 heavy (non-hydrogen) atoms. The molecule has 0 saturated carbocycles. The van der Waals surface area contributed by atoms with E-state index in [-0.39, 0.29) is 26.0 Å². The van der Waals surface area contributed by atoms with Crippen LogP contribution in [0.25, 0.3) is 0 Å². The summed E-state index contributed by atoms with van der Waals surface area (Å²) in [6, 6.07) is 16.5. The number of rotatable bonds is 2. The lowest BCUT2D eigenvalue weighted by atomic mass is 9.64. The Balaban J connectivity index is 0.000000239. The molecule has 0 aliphatic carbocycles. The van der Waals surface area contributed by atoms with E-state index in [0.29, 0.717) is 13.1 Å². The summed E-state index contributed by atoms with van der Waals surface area (Å²) in [5.41, 5.74) is 16.3. The molecule has 8 heteroatoms. The number of hydrogen-bond donors (Lipinski definition) is 2. The normalized spacial score (nSPS) is 18.1. The van der Waals surface area contributed by atoms with Crippen molar-refractivity contribution in [2.45, 2.75) is 25.9 Å². The predicted molar refractivity (Wildman–Crippen MR) is 134 cm³/mol. The zero-order chi connectivity index (χ0) is 22.5. The largest absolute Gasteiger partial charge is 0.423 e. The molecule has 2 atom stereocenters. The van der Waals surface area contributed by atoms with E-state index in [1.54, 1.807) is 26.0 Å². The van der Waals surface area contributed by atoms with E-state index in [2.05, 4.69) is 42.6 Å². The standard InChI is InChI=1S/2C9H12BNO.C2H6O.C2H6S/c2*1-10-8-5-3-2-4-7(8)9(6-11)12-10;2*1-3-2/h2*2-5,9H,6,11H2,1H3;2*1-2H3. The maximum absolute atomic E-state index is 5.66. The van der Waals surface area contributed by atoms with Crippen LogP contribution in [0.5, 0.6) is 0 Å². The van der Waals surface area contributed by atoms with Gasteiger partial charge in [-0.05, 0) is 34.6 Å². The second-order valence-corrected chi connectivity index (χ2v) is 7.90. The van der Waals surface area contributed by atoms with Gasteiger partial charge in [0.1, 0.15) is 0 Å². The van der Waals surface area contributed by atoms with Crippen molar-refractivity contribution in [3.05, 3.63) is 59.7 Å². The molecule has 0 bridgehead atoms. The zero-order valence-corrected chi connectivity index (χ0v) is 19.9. The number of benzene rings is 2. The van der Waals surface area contributed by atoms with Crippen LogP contribution >= 0.6 is 11.8 Å². The van der Waals surface area contributed by atoms with Crippen LogP contribution in [-0.4, -0.2) is 53.7 Å². The van der Waals surface area contributed by atoms with Gasteiger partial charge in [0.25, 0.3) is 0 Å². The molecule has 0 radical (unpaired) electrons. The van der Waals surface area contributed by atoms with Gasteiger partial charge < -0.3 is 25.5 Å². The van der Waals surface area contributed by atoms with Crippen molar-refractivity contribution in [1.29, 1.82) is 0 Å². The lowest BCUT2D eigenvalue weighted by Crippen LogP contribution is -2.23. The molecular formula is C22H36B2N2O3S. The summed E-state index contributed by atoms with van der Waals surface area (Å²) in [5.74, 6) is 0. The Morgan fingerprint density at radius 2 is 1.10 bits per heavy atom. The van der Waals surface area contributed by atoms with Gasteiger partial charge in [-0.3, -0.25) is 0 Å². The highest BCUT2D eigenvalue weighted by atomic mass is 32.2. The fraction of sp³-hybridized carbons (Fsp3) is 0.455. The lowest BCUT2D eigenvalue weighted by molar-refractivity contribution is 0.235. The number of ether oxygens (including phenoxy) is 1. The van der Waals surface area contributed by atoms with Gasteiger partial charge >= 0.3 is 13.8 Å². The molecule has 2 heterocycles. The molecule has 2 aliphatic rings. The van der Waals surface area contributed by atoms with E-state index in [9.17, 15) is 0 Å². The summed E-state index contributed by atoms with van der Waals surface area (Å²) in [4.78, 5) is 0. The third kappa shape index (κ3) is 7.45. The predicted octanol–water partition coefficient (Wildman–Crippen LogP) is 2.33. The van der Waals surface area contributed by atoms with Crippen molar-refractivity contribution < 1.29 is 14.0 Å². The Morgan fingerprint density at radius 1 is 0.800 bits per heavy atom. The molecule has 4 rings (SSSR count). The SMILES string of the molecule is CB1OC(CN)c2ccccc21.CB1OC(CN)c2ccccc21.COC.CSC. The minimum absolute atomic E-state index is 0.108. The number of nitrogens with two attached hydrogens (primary N) is 2. The smallest absolute Gasteiger partial charge is 0.324 e. The number of fused-ring (bicyclic) bond motifs is 2. The highest BCUT2D eigenvalue weighted by Crippen LogP contribution is 2.23. The molecule has 0 amide bonds. The van der Waals surface area contributed by atoms with Crippen LogP contribution in [0.3, 0.4) is 0 Å². The van der Waals surface area contributed by atoms with E-state index in [4.69, 9.17) is 20.8 Å².